The van der Waals surface area contributed by atoms with Crippen molar-refractivity contribution in [3.8, 4) is 0 Å². The van der Waals surface area contributed by atoms with Gasteiger partial charge in [-0.2, -0.15) is 0 Å². The fraction of sp³-hybridized carbons (Fsp3) is 0.483. The summed E-state index contributed by atoms with van der Waals surface area (Å²) < 4.78 is 5.47. The lowest BCUT2D eigenvalue weighted by Crippen LogP contribution is -2.79. The molecule has 1 saturated heterocycles. The van der Waals surface area contributed by atoms with E-state index in [1.165, 1.54) is 11.3 Å². The van der Waals surface area contributed by atoms with Gasteiger partial charge in [-0.15, -0.1) is 0 Å². The Hall–Kier alpha value is -2.99. The zero-order valence-electron chi connectivity index (χ0n) is 19.9. The minimum atomic E-state index is -0.750. The van der Waals surface area contributed by atoms with Crippen LogP contribution in [-0.2, 0) is 32.1 Å². The first-order chi connectivity index (χ1) is 17.0. The maximum Gasteiger partial charge on any atom is 0.326 e. The molecule has 0 radical (unpaired) electrons. The van der Waals surface area contributed by atoms with Crippen LogP contribution in [0.3, 0.4) is 0 Å². The molecular weight excluding hydrogens is 440 g/mol. The van der Waals surface area contributed by atoms with Crippen LogP contribution < -0.4 is 5.32 Å². The fourth-order valence-electron chi connectivity index (χ4n) is 7.49. The Labute approximate surface area is 206 Å². The molecule has 7 rings (SSSR count). The second-order valence-electron chi connectivity index (χ2n) is 10.9. The number of esters is 1. The van der Waals surface area contributed by atoms with Crippen LogP contribution in [0, 0.1) is 23.7 Å². The van der Waals surface area contributed by atoms with E-state index in [-0.39, 0.29) is 36.8 Å². The van der Waals surface area contributed by atoms with Gasteiger partial charge in [0.25, 0.3) is 5.91 Å². The number of carbonyl (C=O) groups excluding carboxylic acids is 3. The van der Waals surface area contributed by atoms with E-state index in [1.807, 2.05) is 60.7 Å². The standard InChI is InChI=1S/C29H32N2O4/c32-26(35-18-20-9-5-2-6-10-20)17-31-27(33)25(16-19-7-3-1-4-8-19)30-29(28(31)34)23-12-21-11-22(14-23)15-24(29)13-21/h1-10,21-25,30H,11-18H2/t21?,22?,23?,24?,25-,29?/m1/s1. The summed E-state index contributed by atoms with van der Waals surface area (Å²) in [4.78, 5) is 41.7. The van der Waals surface area contributed by atoms with Crippen molar-refractivity contribution in [3.63, 3.8) is 0 Å². The molecule has 6 heteroatoms. The summed E-state index contributed by atoms with van der Waals surface area (Å²) in [7, 11) is 0. The van der Waals surface area contributed by atoms with Gasteiger partial charge < -0.3 is 4.74 Å². The molecule has 5 aliphatic rings. The average molecular weight is 473 g/mol. The molecular formula is C29H32N2O4. The zero-order valence-corrected chi connectivity index (χ0v) is 19.9. The highest BCUT2D eigenvalue weighted by atomic mass is 16.5. The first-order valence-electron chi connectivity index (χ1n) is 12.9. The van der Waals surface area contributed by atoms with Gasteiger partial charge in [0.2, 0.25) is 5.91 Å². The predicted octanol–water partition coefficient (Wildman–Crippen LogP) is 3.49. The van der Waals surface area contributed by atoms with Crippen LogP contribution in [0.2, 0.25) is 0 Å². The molecule has 0 unspecified atom stereocenters. The van der Waals surface area contributed by atoms with Crippen LogP contribution in [0.1, 0.15) is 43.2 Å². The summed E-state index contributed by atoms with van der Waals surface area (Å²) >= 11 is 0. The Kier molecular flexibility index (Phi) is 5.72. The third kappa shape index (κ3) is 3.98. The summed E-state index contributed by atoms with van der Waals surface area (Å²) in [5.41, 5.74) is 1.16. The van der Waals surface area contributed by atoms with Crippen molar-refractivity contribution in [1.29, 1.82) is 0 Å². The molecule has 4 saturated carbocycles. The molecule has 35 heavy (non-hydrogen) atoms. The summed E-state index contributed by atoms with van der Waals surface area (Å²) in [6.45, 7) is -0.202. The van der Waals surface area contributed by atoms with Gasteiger partial charge in [-0.25, -0.2) is 0 Å². The molecule has 1 atom stereocenters. The van der Waals surface area contributed by atoms with E-state index in [2.05, 4.69) is 5.32 Å². The Balaban J connectivity index is 1.27. The van der Waals surface area contributed by atoms with Crippen LogP contribution in [0.4, 0.5) is 0 Å². The molecule has 4 bridgehead atoms. The Bertz CT molecular complexity index is 1090. The topological polar surface area (TPSA) is 75.7 Å². The van der Waals surface area contributed by atoms with Gasteiger partial charge in [0.15, 0.2) is 0 Å². The molecule has 182 valence electrons. The SMILES string of the molecule is O=C(CN1C(=O)[C@@H](Cc2ccccc2)NC2(C1=O)C1CC3CC(C1)CC2C3)OCc1ccccc1. The number of hydrogen-bond acceptors (Lipinski definition) is 5. The summed E-state index contributed by atoms with van der Waals surface area (Å²) in [5, 5.41) is 3.63. The highest BCUT2D eigenvalue weighted by molar-refractivity contribution is 6.07. The smallest absolute Gasteiger partial charge is 0.326 e. The van der Waals surface area contributed by atoms with E-state index in [0.717, 1.165) is 36.8 Å². The number of hydrogen-bond donors (Lipinski definition) is 1. The molecule has 1 aliphatic heterocycles. The maximum absolute atomic E-state index is 14.1. The molecule has 5 fully saturated rings. The van der Waals surface area contributed by atoms with Gasteiger partial charge in [0.1, 0.15) is 18.7 Å². The Morgan fingerprint density at radius 2 is 1.43 bits per heavy atom. The molecule has 2 amide bonds. The third-order valence-corrected chi connectivity index (χ3v) is 8.81. The maximum atomic E-state index is 14.1. The summed E-state index contributed by atoms with van der Waals surface area (Å²) in [5.74, 6) is 0.738. The summed E-state index contributed by atoms with van der Waals surface area (Å²) in [6.07, 6.45) is 5.90. The third-order valence-electron chi connectivity index (χ3n) is 8.81. The van der Waals surface area contributed by atoms with Crippen molar-refractivity contribution in [3.05, 3.63) is 71.8 Å². The minimum absolute atomic E-state index is 0.126. The number of benzene rings is 2. The number of rotatable bonds is 6. The minimum Gasteiger partial charge on any atom is -0.459 e. The van der Waals surface area contributed by atoms with Crippen LogP contribution in [0.25, 0.3) is 0 Å². The Morgan fingerprint density at radius 3 is 2.03 bits per heavy atom. The number of amides is 2. The van der Waals surface area contributed by atoms with Crippen molar-refractivity contribution in [2.75, 3.05) is 6.54 Å². The number of carbonyl (C=O) groups is 3. The molecule has 4 aliphatic carbocycles. The molecule has 1 heterocycles. The molecule has 1 N–H and O–H groups in total. The van der Waals surface area contributed by atoms with Crippen molar-refractivity contribution >= 4 is 17.8 Å². The average Bonchev–Trinajstić information content (AvgIpc) is 2.87. The van der Waals surface area contributed by atoms with Crippen molar-refractivity contribution < 1.29 is 19.1 Å². The first-order valence-corrected chi connectivity index (χ1v) is 12.9. The molecule has 0 aromatic heterocycles. The van der Waals surface area contributed by atoms with Gasteiger partial charge >= 0.3 is 5.97 Å². The van der Waals surface area contributed by atoms with Crippen LogP contribution in [0.15, 0.2) is 60.7 Å². The Morgan fingerprint density at radius 1 is 0.857 bits per heavy atom. The fourth-order valence-corrected chi connectivity index (χ4v) is 7.49. The summed E-state index contributed by atoms with van der Waals surface area (Å²) in [6, 6.07) is 18.8. The number of nitrogens with zero attached hydrogens (tertiary/aromatic N) is 1. The van der Waals surface area contributed by atoms with Crippen LogP contribution in [0.5, 0.6) is 0 Å². The van der Waals surface area contributed by atoms with E-state index in [4.69, 9.17) is 4.74 Å². The predicted molar refractivity (Wildman–Crippen MR) is 130 cm³/mol. The zero-order chi connectivity index (χ0) is 24.0. The number of piperazine rings is 1. The van der Waals surface area contributed by atoms with E-state index >= 15 is 0 Å². The second kappa shape index (κ2) is 8.90. The van der Waals surface area contributed by atoms with Gasteiger partial charge in [-0.05, 0) is 73.3 Å². The molecule has 2 aromatic carbocycles. The van der Waals surface area contributed by atoms with Crippen LogP contribution in [-0.4, -0.2) is 40.8 Å². The molecule has 1 spiro atoms. The van der Waals surface area contributed by atoms with Gasteiger partial charge in [-0.3, -0.25) is 24.6 Å². The monoisotopic (exact) mass is 472 g/mol. The number of ether oxygens (including phenoxy) is 1. The van der Waals surface area contributed by atoms with Crippen molar-refractivity contribution in [2.24, 2.45) is 23.7 Å². The number of imide groups is 1. The van der Waals surface area contributed by atoms with E-state index in [1.54, 1.807) is 0 Å². The lowest BCUT2D eigenvalue weighted by Gasteiger charge is -2.63. The lowest BCUT2D eigenvalue weighted by atomic mass is 9.47. The van der Waals surface area contributed by atoms with Gasteiger partial charge in [0.05, 0.1) is 6.04 Å². The van der Waals surface area contributed by atoms with Gasteiger partial charge in [0, 0.05) is 0 Å². The van der Waals surface area contributed by atoms with Crippen LogP contribution >= 0.6 is 0 Å². The highest BCUT2D eigenvalue weighted by Crippen LogP contribution is 2.59. The van der Waals surface area contributed by atoms with E-state index < -0.39 is 17.6 Å². The number of nitrogens with one attached hydrogen (secondary N) is 1. The quantitative estimate of drug-likeness (QED) is 0.515. The lowest BCUT2D eigenvalue weighted by molar-refractivity contribution is -0.177. The van der Waals surface area contributed by atoms with Gasteiger partial charge in [-0.1, -0.05) is 60.7 Å². The van der Waals surface area contributed by atoms with E-state index in [0.29, 0.717) is 18.3 Å². The second-order valence-corrected chi connectivity index (χ2v) is 10.9. The normalized spacial score (nSPS) is 33.4. The first kappa shape index (κ1) is 22.5. The van der Waals surface area contributed by atoms with Crippen molar-refractivity contribution in [2.45, 2.75) is 56.7 Å². The highest BCUT2D eigenvalue weighted by Gasteiger charge is 2.65. The molecule has 6 nitrogen and oxygen atoms in total. The van der Waals surface area contributed by atoms with Crippen molar-refractivity contribution in [1.82, 2.24) is 10.2 Å². The largest absolute Gasteiger partial charge is 0.459 e. The molecule has 2 aromatic rings. The van der Waals surface area contributed by atoms with E-state index in [9.17, 15) is 14.4 Å².